The van der Waals surface area contributed by atoms with E-state index in [2.05, 4.69) is 17.3 Å². The van der Waals surface area contributed by atoms with Gasteiger partial charge in [-0.15, -0.1) is 5.73 Å². The van der Waals surface area contributed by atoms with Gasteiger partial charge in [-0.25, -0.2) is 8.42 Å². The van der Waals surface area contributed by atoms with Crippen LogP contribution in [0.5, 0.6) is 0 Å². The number of aromatic amines is 1. The number of nitro benzene ring substituents is 1. The first kappa shape index (κ1) is 19.7. The van der Waals surface area contributed by atoms with Gasteiger partial charge in [-0.1, -0.05) is 36.9 Å². The van der Waals surface area contributed by atoms with Gasteiger partial charge in [-0.3, -0.25) is 10.1 Å². The minimum absolute atomic E-state index is 0.0385. The molecule has 2 N–H and O–H groups in total. The molecule has 31 heavy (non-hydrogen) atoms. The summed E-state index contributed by atoms with van der Waals surface area (Å²) in [7, 11) is -4.23. The van der Waals surface area contributed by atoms with E-state index in [0.717, 1.165) is 10.9 Å². The van der Waals surface area contributed by atoms with Crippen molar-refractivity contribution in [3.8, 4) is 0 Å². The number of aliphatic hydroxyl groups excluding tert-OH is 1. The maximum atomic E-state index is 13.7. The summed E-state index contributed by atoms with van der Waals surface area (Å²) < 4.78 is 28.7. The molecule has 1 saturated heterocycles. The quantitative estimate of drug-likeness (QED) is 0.369. The van der Waals surface area contributed by atoms with Gasteiger partial charge in [0.05, 0.1) is 16.7 Å². The third-order valence-electron chi connectivity index (χ3n) is 6.26. The van der Waals surface area contributed by atoms with Gasteiger partial charge in [0.25, 0.3) is 15.7 Å². The number of nitrogens with zero attached hydrogens (tertiary/aromatic N) is 2. The molecule has 1 fully saturated rings. The number of benzene rings is 2. The number of hydrogen-bond acceptors (Lipinski definition) is 5. The van der Waals surface area contributed by atoms with E-state index in [1.54, 1.807) is 0 Å². The summed E-state index contributed by atoms with van der Waals surface area (Å²) in [4.78, 5) is 13.7. The van der Waals surface area contributed by atoms with E-state index in [1.807, 2.05) is 24.3 Å². The predicted molar refractivity (Wildman–Crippen MR) is 114 cm³/mol. The van der Waals surface area contributed by atoms with Crippen molar-refractivity contribution in [3.05, 3.63) is 87.8 Å². The molecule has 0 unspecified atom stereocenters. The smallest absolute Gasteiger partial charge is 0.289 e. The predicted octanol–water partition coefficient (Wildman–Crippen LogP) is 3.59. The van der Waals surface area contributed by atoms with E-state index in [-0.39, 0.29) is 17.4 Å². The van der Waals surface area contributed by atoms with Crippen molar-refractivity contribution >= 4 is 26.6 Å². The minimum Gasteiger partial charge on any atom is -0.386 e. The van der Waals surface area contributed by atoms with Gasteiger partial charge in [0.1, 0.15) is 6.10 Å². The highest BCUT2D eigenvalue weighted by Crippen LogP contribution is 2.52. The topological polar surface area (TPSA) is 117 Å². The Morgan fingerprint density at radius 3 is 2.65 bits per heavy atom. The lowest BCUT2D eigenvalue weighted by atomic mass is 9.75. The Balaban J connectivity index is 1.75. The molecular weight excluding hydrogens is 418 g/mol. The van der Waals surface area contributed by atoms with Gasteiger partial charge in [-0.05, 0) is 24.1 Å². The van der Waals surface area contributed by atoms with Crippen molar-refractivity contribution in [1.82, 2.24) is 9.29 Å². The lowest BCUT2D eigenvalue weighted by molar-refractivity contribution is -0.387. The second-order valence-electron chi connectivity index (χ2n) is 7.78. The number of H-pyrrole nitrogens is 1. The Morgan fingerprint density at radius 1 is 1.19 bits per heavy atom. The summed E-state index contributed by atoms with van der Waals surface area (Å²) in [6, 6.07) is 12.2. The van der Waals surface area contributed by atoms with Crippen LogP contribution in [0, 0.1) is 16.0 Å². The van der Waals surface area contributed by atoms with Crippen LogP contribution < -0.4 is 0 Å². The molecular formula is C22H19N3O5S. The number of hydrogen-bond donors (Lipinski definition) is 2. The van der Waals surface area contributed by atoms with Gasteiger partial charge in [0, 0.05) is 35.0 Å². The largest absolute Gasteiger partial charge is 0.386 e. The molecule has 0 saturated carbocycles. The normalized spacial score (nSPS) is 23.4. The zero-order valence-electron chi connectivity index (χ0n) is 16.4. The molecule has 9 heteroatoms. The van der Waals surface area contributed by atoms with Crippen LogP contribution in [0.2, 0.25) is 0 Å². The van der Waals surface area contributed by atoms with Crippen LogP contribution >= 0.6 is 0 Å². The van der Waals surface area contributed by atoms with Gasteiger partial charge in [0.2, 0.25) is 0 Å². The van der Waals surface area contributed by atoms with E-state index >= 15 is 0 Å². The first-order valence-corrected chi connectivity index (χ1v) is 11.2. The van der Waals surface area contributed by atoms with Gasteiger partial charge in [-0.2, -0.15) is 4.31 Å². The van der Waals surface area contributed by atoms with Gasteiger partial charge >= 0.3 is 0 Å². The summed E-state index contributed by atoms with van der Waals surface area (Å²) in [6.45, 7) is 3.65. The van der Waals surface area contributed by atoms with Crippen LogP contribution in [0.1, 0.15) is 29.8 Å². The van der Waals surface area contributed by atoms with Crippen molar-refractivity contribution in [2.45, 2.75) is 23.5 Å². The van der Waals surface area contributed by atoms with E-state index in [0.29, 0.717) is 23.3 Å². The first-order valence-electron chi connectivity index (χ1n) is 9.77. The Labute approximate surface area is 178 Å². The molecule has 1 aliphatic heterocycles. The maximum Gasteiger partial charge on any atom is 0.289 e. The van der Waals surface area contributed by atoms with E-state index in [4.69, 9.17) is 0 Å². The van der Waals surface area contributed by atoms with Gasteiger partial charge < -0.3 is 10.1 Å². The van der Waals surface area contributed by atoms with Gasteiger partial charge in [0.15, 0.2) is 4.90 Å². The Bertz CT molecular complexity index is 1390. The summed E-state index contributed by atoms with van der Waals surface area (Å²) in [5.41, 5.74) is 4.97. The van der Waals surface area contributed by atoms with E-state index in [1.165, 1.54) is 28.6 Å². The Hall–Kier alpha value is -3.23. The van der Waals surface area contributed by atoms with Crippen molar-refractivity contribution < 1.29 is 18.4 Å². The second-order valence-corrected chi connectivity index (χ2v) is 9.64. The monoisotopic (exact) mass is 437 g/mol. The lowest BCUT2D eigenvalue weighted by Crippen LogP contribution is -2.46. The number of para-hydroxylation sites is 2. The number of aliphatic hydroxyl groups is 1. The average molecular weight is 437 g/mol. The molecule has 0 spiro atoms. The molecule has 2 heterocycles. The standard InChI is InChI=1S/C22H19N3O5S/c1-2-13-12-24(31(29,30)19-10-6-5-9-17(19)25(27)28)18-11-15(13)22(26)21-20(18)14-7-3-4-8-16(14)23-21/h3-10,15,18,22-23,26H,1,11-12H2/t15-,18-,22+/m0/s1. The number of nitrogens with one attached hydrogen (secondary N) is 1. The highest BCUT2D eigenvalue weighted by molar-refractivity contribution is 7.89. The highest BCUT2D eigenvalue weighted by atomic mass is 32.2. The van der Waals surface area contributed by atoms with Crippen LogP contribution in [0.4, 0.5) is 5.69 Å². The van der Waals surface area contributed by atoms with Crippen LogP contribution in [-0.4, -0.2) is 34.3 Å². The molecule has 0 amide bonds. The summed E-state index contributed by atoms with van der Waals surface area (Å²) in [5.74, 6) is -0.333. The van der Waals surface area contributed by atoms with E-state index in [9.17, 15) is 23.6 Å². The lowest BCUT2D eigenvalue weighted by Gasteiger charge is -2.44. The summed E-state index contributed by atoms with van der Waals surface area (Å²) >= 11 is 0. The first-order chi connectivity index (χ1) is 14.8. The van der Waals surface area contributed by atoms with E-state index < -0.39 is 32.8 Å². The molecule has 2 aromatic carbocycles. The number of fused-ring (bicyclic) bond motifs is 6. The number of rotatable bonds is 3. The van der Waals surface area contributed by atoms with Crippen molar-refractivity contribution in [3.63, 3.8) is 0 Å². The molecule has 5 rings (SSSR count). The van der Waals surface area contributed by atoms with Crippen LogP contribution in [0.15, 0.2) is 71.3 Å². The molecule has 3 atom stereocenters. The van der Waals surface area contributed by atoms with Crippen molar-refractivity contribution in [2.75, 3.05) is 6.54 Å². The SMILES string of the molecule is C=C=C1CN(S(=O)(=O)c2ccccc2[N+](=O)[O-])[C@H]2C[C@@H]1[C@@H](O)c1[nH]c3ccccc3c12. The molecule has 1 aromatic heterocycles. The third-order valence-corrected chi connectivity index (χ3v) is 8.16. The highest BCUT2D eigenvalue weighted by Gasteiger charge is 2.49. The van der Waals surface area contributed by atoms with Crippen LogP contribution in [-0.2, 0) is 10.0 Å². The second kappa shape index (κ2) is 6.90. The number of piperidine rings is 1. The molecule has 8 nitrogen and oxygen atoms in total. The number of sulfonamides is 1. The molecule has 1 aliphatic carbocycles. The molecule has 2 aliphatic rings. The molecule has 158 valence electrons. The average Bonchev–Trinajstić information content (AvgIpc) is 3.17. The number of nitro groups is 1. The minimum atomic E-state index is -4.23. The van der Waals surface area contributed by atoms with Crippen LogP contribution in [0.25, 0.3) is 10.9 Å². The Kier molecular flexibility index (Phi) is 4.39. The van der Waals surface area contributed by atoms with Crippen molar-refractivity contribution in [2.24, 2.45) is 5.92 Å². The fourth-order valence-corrected chi connectivity index (χ4v) is 6.59. The third kappa shape index (κ3) is 2.79. The zero-order chi connectivity index (χ0) is 21.9. The summed E-state index contributed by atoms with van der Waals surface area (Å²) in [6.07, 6.45) is -0.493. The summed E-state index contributed by atoms with van der Waals surface area (Å²) in [5, 5.41) is 23.4. The van der Waals surface area contributed by atoms with Crippen LogP contribution in [0.3, 0.4) is 0 Å². The molecule has 2 bridgehead atoms. The van der Waals surface area contributed by atoms with Crippen molar-refractivity contribution in [1.29, 1.82) is 0 Å². The Morgan fingerprint density at radius 2 is 1.90 bits per heavy atom. The molecule has 0 radical (unpaired) electrons. The molecule has 3 aromatic rings. The zero-order valence-corrected chi connectivity index (χ0v) is 17.2. The number of aromatic nitrogens is 1. The fraction of sp³-hybridized carbons (Fsp3) is 0.227. The maximum absolute atomic E-state index is 13.7. The fourth-order valence-electron chi connectivity index (χ4n) is 4.85.